The Morgan fingerprint density at radius 3 is 2.38 bits per heavy atom. The number of carbonyl (C=O) groups excluding carboxylic acids is 1. The van der Waals surface area contributed by atoms with Gasteiger partial charge in [-0.15, -0.1) is 0 Å². The number of rotatable bonds is 3. The highest BCUT2D eigenvalue weighted by Crippen LogP contribution is 2.43. The van der Waals surface area contributed by atoms with E-state index in [-0.39, 0.29) is 35.0 Å². The van der Waals surface area contributed by atoms with Crippen LogP contribution < -0.4 is 19.8 Å². The number of H-pyrrole nitrogens is 1. The molecule has 3 rings (SSSR count). The van der Waals surface area contributed by atoms with E-state index in [2.05, 4.69) is 4.98 Å². The number of benzene rings is 1. The Kier molecular flexibility index (Phi) is 3.92. The molecule has 0 bridgehead atoms. The molecule has 7 heteroatoms. The molecule has 0 unspecified atom stereocenters. The average molecular weight is 331 g/mol. The third kappa shape index (κ3) is 2.58. The molecule has 0 amide bonds. The summed E-state index contributed by atoms with van der Waals surface area (Å²) < 4.78 is 15.5. The number of phenols is 1. The molecular formula is C17H17NO6. The second-order valence-electron chi connectivity index (χ2n) is 5.56. The van der Waals surface area contributed by atoms with Gasteiger partial charge in [0.25, 0.3) is 5.56 Å². The highest BCUT2D eigenvalue weighted by molar-refractivity contribution is 5.77. The van der Waals surface area contributed by atoms with Crippen LogP contribution in [0.5, 0.6) is 23.0 Å². The second-order valence-corrected chi connectivity index (χ2v) is 5.56. The van der Waals surface area contributed by atoms with Gasteiger partial charge in [-0.1, -0.05) is 0 Å². The Morgan fingerprint density at radius 2 is 1.79 bits per heavy atom. The molecule has 0 saturated carbocycles. The number of esters is 1. The van der Waals surface area contributed by atoms with E-state index in [9.17, 15) is 14.7 Å². The van der Waals surface area contributed by atoms with Gasteiger partial charge >= 0.3 is 5.97 Å². The lowest BCUT2D eigenvalue weighted by Gasteiger charge is -2.25. The van der Waals surface area contributed by atoms with Crippen LogP contribution in [0.15, 0.2) is 23.0 Å². The lowest BCUT2D eigenvalue weighted by atomic mass is 9.86. The Balaban J connectivity index is 2.21. The third-order valence-corrected chi connectivity index (χ3v) is 4.02. The lowest BCUT2D eigenvalue weighted by Crippen LogP contribution is -2.28. The third-order valence-electron chi connectivity index (χ3n) is 4.02. The topological polar surface area (TPSA) is 97.9 Å². The fourth-order valence-electron chi connectivity index (χ4n) is 2.92. The number of aromatic nitrogens is 1. The number of aryl methyl sites for hydroxylation is 1. The van der Waals surface area contributed by atoms with Gasteiger partial charge in [0.05, 0.1) is 26.2 Å². The first-order valence-corrected chi connectivity index (χ1v) is 7.34. The summed E-state index contributed by atoms with van der Waals surface area (Å²) in [4.78, 5) is 27.1. The van der Waals surface area contributed by atoms with E-state index in [1.807, 2.05) is 0 Å². The second kappa shape index (κ2) is 5.92. The van der Waals surface area contributed by atoms with E-state index in [1.54, 1.807) is 25.1 Å². The molecule has 0 fully saturated rings. The van der Waals surface area contributed by atoms with Crippen LogP contribution in [-0.2, 0) is 4.79 Å². The first-order chi connectivity index (χ1) is 11.4. The van der Waals surface area contributed by atoms with Crippen molar-refractivity contribution in [3.05, 3.63) is 45.4 Å². The molecule has 1 aromatic carbocycles. The van der Waals surface area contributed by atoms with Crippen molar-refractivity contribution in [1.29, 1.82) is 0 Å². The van der Waals surface area contributed by atoms with E-state index < -0.39 is 11.9 Å². The van der Waals surface area contributed by atoms with Crippen LogP contribution in [0.1, 0.15) is 29.2 Å². The Labute approximate surface area is 137 Å². The first kappa shape index (κ1) is 15.9. The number of aromatic amines is 1. The first-order valence-electron chi connectivity index (χ1n) is 7.34. The maximum absolute atomic E-state index is 12.4. The van der Waals surface area contributed by atoms with Crippen LogP contribution in [0, 0.1) is 6.92 Å². The molecule has 7 nitrogen and oxygen atoms in total. The molecular weight excluding hydrogens is 314 g/mol. The monoisotopic (exact) mass is 331 g/mol. The number of carbonyl (C=O) groups is 1. The van der Waals surface area contributed by atoms with E-state index in [0.717, 1.165) is 0 Å². The number of hydrogen-bond acceptors (Lipinski definition) is 6. The van der Waals surface area contributed by atoms with Gasteiger partial charge in [-0.05, 0) is 24.6 Å². The smallest absolute Gasteiger partial charge is 0.312 e. The molecule has 0 aliphatic carbocycles. The number of pyridine rings is 1. The largest absolute Gasteiger partial charge is 0.502 e. The summed E-state index contributed by atoms with van der Waals surface area (Å²) in [5, 5.41) is 10.0. The summed E-state index contributed by atoms with van der Waals surface area (Å²) in [6, 6.07) is 4.80. The van der Waals surface area contributed by atoms with Crippen LogP contribution in [0.4, 0.5) is 0 Å². The summed E-state index contributed by atoms with van der Waals surface area (Å²) in [6.07, 6.45) is 0.0101. The maximum atomic E-state index is 12.4. The summed E-state index contributed by atoms with van der Waals surface area (Å²) in [7, 11) is 2.83. The number of ether oxygens (including phenoxy) is 3. The summed E-state index contributed by atoms with van der Waals surface area (Å²) in [5.41, 5.74) is 1.28. The van der Waals surface area contributed by atoms with Crippen molar-refractivity contribution in [3.63, 3.8) is 0 Å². The van der Waals surface area contributed by atoms with Gasteiger partial charge in [0.1, 0.15) is 5.75 Å². The Bertz CT molecular complexity index is 845. The standard InChI is InChI=1S/C17H17NO6/c1-8-4-11-15(17(21)18-8)10(7-14(19)24-11)9-5-12(22-2)16(20)13(6-9)23-3/h4-6,10,20H,7H2,1-3H3,(H,18,21)/t10-/m1/s1. The van der Waals surface area contributed by atoms with Crippen molar-refractivity contribution < 1.29 is 24.1 Å². The molecule has 0 radical (unpaired) electrons. The molecule has 1 aliphatic heterocycles. The van der Waals surface area contributed by atoms with E-state index in [0.29, 0.717) is 16.8 Å². The molecule has 24 heavy (non-hydrogen) atoms. The Morgan fingerprint density at radius 1 is 1.17 bits per heavy atom. The van der Waals surface area contributed by atoms with Crippen LogP contribution in [0.25, 0.3) is 0 Å². The van der Waals surface area contributed by atoms with Gasteiger partial charge in [0.15, 0.2) is 11.5 Å². The molecule has 1 aliphatic rings. The molecule has 0 saturated heterocycles. The van der Waals surface area contributed by atoms with Crippen LogP contribution >= 0.6 is 0 Å². The highest BCUT2D eigenvalue weighted by Gasteiger charge is 2.32. The summed E-state index contributed by atoms with van der Waals surface area (Å²) in [5.74, 6) is -0.428. The molecule has 1 atom stereocenters. The van der Waals surface area contributed by atoms with Crippen LogP contribution in [0.2, 0.25) is 0 Å². The van der Waals surface area contributed by atoms with Gasteiger partial charge in [0, 0.05) is 17.7 Å². The van der Waals surface area contributed by atoms with Crippen molar-refractivity contribution in [2.24, 2.45) is 0 Å². The molecule has 1 aromatic heterocycles. The molecule has 2 aromatic rings. The van der Waals surface area contributed by atoms with Crippen LogP contribution in [-0.4, -0.2) is 30.3 Å². The zero-order chi connectivity index (χ0) is 17.4. The highest BCUT2D eigenvalue weighted by atomic mass is 16.5. The van der Waals surface area contributed by atoms with Gasteiger partial charge in [0.2, 0.25) is 5.75 Å². The minimum atomic E-state index is -0.519. The lowest BCUT2D eigenvalue weighted by molar-refractivity contribution is -0.135. The zero-order valence-electron chi connectivity index (χ0n) is 13.5. The number of methoxy groups -OCH3 is 2. The van der Waals surface area contributed by atoms with Crippen molar-refractivity contribution >= 4 is 5.97 Å². The Hall–Kier alpha value is -2.96. The average Bonchev–Trinajstić information content (AvgIpc) is 2.53. The number of aromatic hydroxyl groups is 1. The van der Waals surface area contributed by atoms with Crippen molar-refractivity contribution in [3.8, 4) is 23.0 Å². The number of nitrogens with one attached hydrogen (secondary N) is 1. The predicted molar refractivity (Wildman–Crippen MR) is 85.1 cm³/mol. The van der Waals surface area contributed by atoms with Gasteiger partial charge in [-0.3, -0.25) is 9.59 Å². The number of fused-ring (bicyclic) bond motifs is 1. The summed E-state index contributed by atoms with van der Waals surface area (Å²) >= 11 is 0. The van der Waals surface area contributed by atoms with E-state index in [1.165, 1.54) is 14.2 Å². The van der Waals surface area contributed by atoms with E-state index >= 15 is 0 Å². The summed E-state index contributed by atoms with van der Waals surface area (Å²) in [6.45, 7) is 1.71. The molecule has 2 heterocycles. The van der Waals surface area contributed by atoms with Crippen molar-refractivity contribution in [2.45, 2.75) is 19.3 Å². The van der Waals surface area contributed by atoms with Crippen molar-refractivity contribution in [1.82, 2.24) is 4.98 Å². The predicted octanol–water partition coefficient (Wildman–Crippen LogP) is 1.85. The fraction of sp³-hybridized carbons (Fsp3) is 0.294. The maximum Gasteiger partial charge on any atom is 0.312 e. The van der Waals surface area contributed by atoms with Crippen molar-refractivity contribution in [2.75, 3.05) is 14.2 Å². The quantitative estimate of drug-likeness (QED) is 0.833. The fourth-order valence-corrected chi connectivity index (χ4v) is 2.92. The number of phenolic OH excluding ortho intramolecular Hbond substituents is 1. The van der Waals surface area contributed by atoms with Gasteiger partial charge in [-0.25, -0.2) is 0 Å². The molecule has 126 valence electrons. The SMILES string of the molecule is COc1cc([C@H]2CC(=O)Oc3cc(C)[nH]c(=O)c32)cc(OC)c1O. The van der Waals surface area contributed by atoms with Crippen LogP contribution in [0.3, 0.4) is 0 Å². The molecule has 0 spiro atoms. The van der Waals surface area contributed by atoms with E-state index in [4.69, 9.17) is 14.2 Å². The van der Waals surface area contributed by atoms with Gasteiger partial charge < -0.3 is 24.3 Å². The minimum Gasteiger partial charge on any atom is -0.502 e. The zero-order valence-corrected chi connectivity index (χ0v) is 13.5. The van der Waals surface area contributed by atoms with Gasteiger partial charge in [-0.2, -0.15) is 0 Å². The number of hydrogen-bond donors (Lipinski definition) is 2. The molecule has 2 N–H and O–H groups in total. The normalized spacial score (nSPS) is 16.3. The minimum absolute atomic E-state index is 0.0101.